The van der Waals surface area contributed by atoms with Gasteiger partial charge < -0.3 is 14.4 Å². The number of allylic oxidation sites excluding steroid dienone is 2. The van der Waals surface area contributed by atoms with Crippen molar-refractivity contribution in [2.45, 2.75) is 89.9 Å². The van der Waals surface area contributed by atoms with Crippen LogP contribution in [-0.2, 0) is 14.3 Å². The standard InChI is InChI=1S/C25H47NO3/c1-4-6-8-10-12-14-16-18-22-28-23-20-26(3)21-24-29-25(27)19-17-15-13-11-9-7-5-2/h4-5H,1-2,6-24H2,3H3. The SMILES string of the molecule is C=CCCCCCCCCOCCN(C)CCOC(=O)CCCCCCCC=C. The summed E-state index contributed by atoms with van der Waals surface area (Å²) >= 11 is 0. The van der Waals surface area contributed by atoms with Gasteiger partial charge in [-0.1, -0.05) is 57.1 Å². The van der Waals surface area contributed by atoms with E-state index in [4.69, 9.17) is 9.47 Å². The van der Waals surface area contributed by atoms with Crippen molar-refractivity contribution in [2.75, 3.05) is 40.0 Å². The van der Waals surface area contributed by atoms with Gasteiger partial charge in [-0.3, -0.25) is 4.79 Å². The Kier molecular flexibility index (Phi) is 22.2. The largest absolute Gasteiger partial charge is 0.464 e. The number of hydrogen-bond acceptors (Lipinski definition) is 4. The highest BCUT2D eigenvalue weighted by molar-refractivity contribution is 5.69. The van der Waals surface area contributed by atoms with E-state index in [1.165, 1.54) is 51.4 Å². The van der Waals surface area contributed by atoms with Crippen molar-refractivity contribution in [1.82, 2.24) is 4.90 Å². The molecule has 0 heterocycles. The molecule has 0 aliphatic carbocycles. The van der Waals surface area contributed by atoms with Gasteiger partial charge in [0.25, 0.3) is 0 Å². The van der Waals surface area contributed by atoms with Crippen LogP contribution in [-0.4, -0.2) is 50.8 Å². The van der Waals surface area contributed by atoms with Gasteiger partial charge in [-0.25, -0.2) is 0 Å². The van der Waals surface area contributed by atoms with Crippen molar-refractivity contribution in [3.63, 3.8) is 0 Å². The highest BCUT2D eigenvalue weighted by atomic mass is 16.5. The molecule has 0 spiro atoms. The van der Waals surface area contributed by atoms with Crippen LogP contribution in [0.5, 0.6) is 0 Å². The van der Waals surface area contributed by atoms with E-state index in [2.05, 4.69) is 18.1 Å². The van der Waals surface area contributed by atoms with Gasteiger partial charge in [0.05, 0.1) is 6.61 Å². The van der Waals surface area contributed by atoms with Crippen molar-refractivity contribution in [3.8, 4) is 0 Å². The Morgan fingerprint density at radius 3 is 1.86 bits per heavy atom. The second-order valence-electron chi connectivity index (χ2n) is 7.93. The monoisotopic (exact) mass is 409 g/mol. The van der Waals surface area contributed by atoms with E-state index in [0.29, 0.717) is 13.0 Å². The fourth-order valence-electron chi connectivity index (χ4n) is 3.11. The molecule has 29 heavy (non-hydrogen) atoms. The minimum absolute atomic E-state index is 0.0646. The van der Waals surface area contributed by atoms with Gasteiger partial charge in [0.2, 0.25) is 0 Å². The summed E-state index contributed by atoms with van der Waals surface area (Å²) in [5, 5.41) is 0. The van der Waals surface area contributed by atoms with Crippen LogP contribution in [0.15, 0.2) is 25.3 Å². The number of hydrogen-bond donors (Lipinski definition) is 0. The third-order valence-electron chi connectivity index (χ3n) is 5.09. The number of carbonyl (C=O) groups excluding carboxylic acids is 1. The van der Waals surface area contributed by atoms with Crippen LogP contribution in [0.1, 0.15) is 89.9 Å². The lowest BCUT2D eigenvalue weighted by Crippen LogP contribution is -2.28. The third kappa shape index (κ3) is 23.0. The maximum Gasteiger partial charge on any atom is 0.305 e. The summed E-state index contributed by atoms with van der Waals surface area (Å²) in [6.07, 6.45) is 20.1. The maximum absolute atomic E-state index is 11.7. The van der Waals surface area contributed by atoms with Crippen LogP contribution in [0.4, 0.5) is 0 Å². The highest BCUT2D eigenvalue weighted by Crippen LogP contribution is 2.08. The van der Waals surface area contributed by atoms with E-state index >= 15 is 0 Å². The molecule has 0 aliphatic rings. The molecule has 0 radical (unpaired) electrons. The van der Waals surface area contributed by atoms with E-state index < -0.39 is 0 Å². The Labute approximate surface area is 180 Å². The third-order valence-corrected chi connectivity index (χ3v) is 5.09. The fourth-order valence-corrected chi connectivity index (χ4v) is 3.11. The van der Waals surface area contributed by atoms with Crippen molar-refractivity contribution in [2.24, 2.45) is 0 Å². The van der Waals surface area contributed by atoms with Crippen LogP contribution in [0.2, 0.25) is 0 Å². The molecule has 0 aliphatic heterocycles. The molecule has 170 valence electrons. The molecule has 0 aromatic carbocycles. The van der Waals surface area contributed by atoms with Gasteiger partial charge in [-0.2, -0.15) is 0 Å². The van der Waals surface area contributed by atoms with Crippen molar-refractivity contribution in [3.05, 3.63) is 25.3 Å². The zero-order chi connectivity index (χ0) is 21.4. The first kappa shape index (κ1) is 27.9. The Bertz CT molecular complexity index is 384. The van der Waals surface area contributed by atoms with Crippen LogP contribution >= 0.6 is 0 Å². The first-order chi connectivity index (χ1) is 14.2. The van der Waals surface area contributed by atoms with Crippen molar-refractivity contribution in [1.29, 1.82) is 0 Å². The Balaban J connectivity index is 3.30. The molecule has 0 fully saturated rings. The van der Waals surface area contributed by atoms with Gasteiger partial charge in [-0.15, -0.1) is 13.2 Å². The first-order valence-electron chi connectivity index (χ1n) is 11.8. The number of rotatable bonds is 23. The Morgan fingerprint density at radius 2 is 1.24 bits per heavy atom. The molecule has 0 amide bonds. The number of ether oxygens (including phenoxy) is 2. The summed E-state index contributed by atoms with van der Waals surface area (Å²) in [6.45, 7) is 11.2. The molecule has 0 aromatic heterocycles. The summed E-state index contributed by atoms with van der Waals surface area (Å²) < 4.78 is 11.0. The lowest BCUT2D eigenvalue weighted by molar-refractivity contribution is -0.144. The lowest BCUT2D eigenvalue weighted by Gasteiger charge is -2.16. The highest BCUT2D eigenvalue weighted by Gasteiger charge is 2.04. The maximum atomic E-state index is 11.7. The minimum atomic E-state index is -0.0646. The van der Waals surface area contributed by atoms with E-state index in [-0.39, 0.29) is 5.97 Å². The summed E-state index contributed by atoms with van der Waals surface area (Å²) in [5.74, 6) is -0.0646. The van der Waals surface area contributed by atoms with Gasteiger partial charge >= 0.3 is 5.97 Å². The summed E-state index contributed by atoms with van der Waals surface area (Å²) in [4.78, 5) is 13.9. The molecule has 0 aromatic rings. The fraction of sp³-hybridized carbons (Fsp3) is 0.800. The van der Waals surface area contributed by atoms with E-state index in [1.807, 2.05) is 19.2 Å². The zero-order valence-electron chi connectivity index (χ0n) is 19.2. The van der Waals surface area contributed by atoms with E-state index in [1.54, 1.807) is 0 Å². The number of esters is 1. The van der Waals surface area contributed by atoms with Crippen LogP contribution in [0.25, 0.3) is 0 Å². The van der Waals surface area contributed by atoms with Gasteiger partial charge in [0.15, 0.2) is 0 Å². The molecule has 4 heteroatoms. The second kappa shape index (κ2) is 23.2. The Hall–Kier alpha value is -1.13. The zero-order valence-corrected chi connectivity index (χ0v) is 19.2. The van der Waals surface area contributed by atoms with Crippen molar-refractivity contribution >= 4 is 5.97 Å². The molecule has 0 saturated carbocycles. The molecule has 0 atom stereocenters. The average molecular weight is 410 g/mol. The lowest BCUT2D eigenvalue weighted by atomic mass is 10.1. The second-order valence-corrected chi connectivity index (χ2v) is 7.93. The predicted molar refractivity (Wildman–Crippen MR) is 124 cm³/mol. The molecule has 0 N–H and O–H groups in total. The van der Waals surface area contributed by atoms with Gasteiger partial charge in [0, 0.05) is 26.1 Å². The first-order valence-corrected chi connectivity index (χ1v) is 11.8. The number of likely N-dealkylation sites (N-methyl/N-ethyl adjacent to an activating group) is 1. The number of nitrogens with zero attached hydrogens (tertiary/aromatic N) is 1. The quantitative estimate of drug-likeness (QED) is 0.113. The normalized spacial score (nSPS) is 11.0. The molecular formula is C25H47NO3. The minimum Gasteiger partial charge on any atom is -0.464 e. The van der Waals surface area contributed by atoms with Gasteiger partial charge in [0.1, 0.15) is 6.61 Å². The molecular weight excluding hydrogens is 362 g/mol. The smallest absolute Gasteiger partial charge is 0.305 e. The van der Waals surface area contributed by atoms with E-state index in [9.17, 15) is 4.79 Å². The molecule has 0 saturated heterocycles. The Morgan fingerprint density at radius 1 is 0.724 bits per heavy atom. The molecule has 4 nitrogen and oxygen atoms in total. The van der Waals surface area contributed by atoms with Crippen LogP contribution in [0, 0.1) is 0 Å². The predicted octanol–water partition coefficient (Wildman–Crippen LogP) is 6.31. The molecule has 0 rings (SSSR count). The summed E-state index contributed by atoms with van der Waals surface area (Å²) in [5.41, 5.74) is 0. The number of carbonyl (C=O) groups is 1. The van der Waals surface area contributed by atoms with Gasteiger partial charge in [-0.05, 0) is 45.6 Å². The van der Waals surface area contributed by atoms with Crippen LogP contribution < -0.4 is 0 Å². The average Bonchev–Trinajstić information content (AvgIpc) is 2.71. The number of unbranched alkanes of at least 4 members (excludes halogenated alkanes) is 11. The summed E-state index contributed by atoms with van der Waals surface area (Å²) in [7, 11) is 2.05. The topological polar surface area (TPSA) is 38.8 Å². The summed E-state index contributed by atoms with van der Waals surface area (Å²) in [6, 6.07) is 0. The van der Waals surface area contributed by atoms with E-state index in [0.717, 1.165) is 58.4 Å². The molecule has 0 unspecified atom stereocenters. The molecule has 0 bridgehead atoms. The van der Waals surface area contributed by atoms with Crippen LogP contribution in [0.3, 0.4) is 0 Å². The van der Waals surface area contributed by atoms with Crippen molar-refractivity contribution < 1.29 is 14.3 Å².